The largest absolute Gasteiger partial charge is 0.384 e. The SMILES string of the molecule is CCc1cc(N)nc(-c2cc(C)ccc2C)n1. The Kier molecular flexibility index (Phi) is 3.09. The molecule has 0 saturated carbocycles. The van der Waals surface area contributed by atoms with E-state index in [4.69, 9.17) is 5.73 Å². The molecule has 0 fully saturated rings. The lowest BCUT2D eigenvalue weighted by Gasteiger charge is -2.08. The molecule has 1 aromatic carbocycles. The molecule has 3 nitrogen and oxygen atoms in total. The predicted molar refractivity (Wildman–Crippen MR) is 70.7 cm³/mol. The van der Waals surface area contributed by atoms with Crippen LogP contribution in [0, 0.1) is 13.8 Å². The number of aromatic nitrogens is 2. The average Bonchev–Trinajstić information content (AvgIpc) is 2.31. The first-order chi connectivity index (χ1) is 8.10. The van der Waals surface area contributed by atoms with Gasteiger partial charge in [0, 0.05) is 17.3 Å². The lowest BCUT2D eigenvalue weighted by Crippen LogP contribution is -2.00. The van der Waals surface area contributed by atoms with Crippen molar-refractivity contribution in [3.05, 3.63) is 41.1 Å². The van der Waals surface area contributed by atoms with E-state index in [0.29, 0.717) is 5.82 Å². The van der Waals surface area contributed by atoms with E-state index in [0.717, 1.165) is 23.5 Å². The monoisotopic (exact) mass is 227 g/mol. The van der Waals surface area contributed by atoms with Crippen molar-refractivity contribution in [2.45, 2.75) is 27.2 Å². The van der Waals surface area contributed by atoms with Gasteiger partial charge in [-0.3, -0.25) is 0 Å². The number of benzene rings is 1. The Bertz CT molecular complexity index is 547. The summed E-state index contributed by atoms with van der Waals surface area (Å²) in [6, 6.07) is 8.10. The van der Waals surface area contributed by atoms with Gasteiger partial charge in [0.25, 0.3) is 0 Å². The number of nitrogen functional groups attached to an aromatic ring is 1. The maximum Gasteiger partial charge on any atom is 0.162 e. The highest BCUT2D eigenvalue weighted by molar-refractivity contribution is 5.62. The zero-order chi connectivity index (χ0) is 12.4. The fraction of sp³-hybridized carbons (Fsp3) is 0.286. The molecule has 0 aliphatic carbocycles. The maximum absolute atomic E-state index is 5.81. The molecule has 2 N–H and O–H groups in total. The Morgan fingerprint density at radius 3 is 2.59 bits per heavy atom. The number of nitrogens with two attached hydrogens (primary N) is 1. The standard InChI is InChI=1S/C14H17N3/c1-4-11-8-13(15)17-14(16-11)12-7-9(2)5-6-10(12)3/h5-8H,4H2,1-3H3,(H2,15,16,17). The van der Waals surface area contributed by atoms with Crippen LogP contribution in [-0.2, 0) is 6.42 Å². The van der Waals surface area contributed by atoms with Crippen molar-refractivity contribution in [3.8, 4) is 11.4 Å². The molecule has 1 heterocycles. The fourth-order valence-electron chi connectivity index (χ4n) is 1.80. The van der Waals surface area contributed by atoms with Crippen LogP contribution in [0.15, 0.2) is 24.3 Å². The Hall–Kier alpha value is -1.90. The number of hydrogen-bond donors (Lipinski definition) is 1. The van der Waals surface area contributed by atoms with Crippen LogP contribution < -0.4 is 5.73 Å². The van der Waals surface area contributed by atoms with Crippen LogP contribution in [-0.4, -0.2) is 9.97 Å². The van der Waals surface area contributed by atoms with Crippen LogP contribution in [0.3, 0.4) is 0 Å². The molecule has 2 rings (SSSR count). The number of rotatable bonds is 2. The molecule has 2 aromatic rings. The molecule has 0 radical (unpaired) electrons. The first-order valence-corrected chi connectivity index (χ1v) is 5.81. The fourth-order valence-corrected chi connectivity index (χ4v) is 1.80. The van der Waals surface area contributed by atoms with Crippen molar-refractivity contribution >= 4 is 5.82 Å². The lowest BCUT2D eigenvalue weighted by molar-refractivity contribution is 1.01. The summed E-state index contributed by atoms with van der Waals surface area (Å²) in [5, 5.41) is 0. The zero-order valence-electron chi connectivity index (χ0n) is 10.5. The van der Waals surface area contributed by atoms with Gasteiger partial charge in [0.2, 0.25) is 0 Å². The summed E-state index contributed by atoms with van der Waals surface area (Å²) in [5.74, 6) is 1.26. The lowest BCUT2D eigenvalue weighted by atomic mass is 10.0. The second-order valence-corrected chi connectivity index (χ2v) is 4.28. The summed E-state index contributed by atoms with van der Waals surface area (Å²) in [4.78, 5) is 8.85. The molecule has 0 unspecified atom stereocenters. The molecule has 0 saturated heterocycles. The van der Waals surface area contributed by atoms with E-state index in [9.17, 15) is 0 Å². The van der Waals surface area contributed by atoms with Crippen LogP contribution in [0.25, 0.3) is 11.4 Å². The van der Waals surface area contributed by atoms with Gasteiger partial charge >= 0.3 is 0 Å². The summed E-state index contributed by atoms with van der Waals surface area (Å²) >= 11 is 0. The number of aryl methyl sites for hydroxylation is 3. The molecule has 0 atom stereocenters. The molecule has 0 aliphatic rings. The van der Waals surface area contributed by atoms with Gasteiger partial charge in [0.15, 0.2) is 5.82 Å². The molecule has 0 spiro atoms. The van der Waals surface area contributed by atoms with Crippen LogP contribution >= 0.6 is 0 Å². The second-order valence-electron chi connectivity index (χ2n) is 4.28. The van der Waals surface area contributed by atoms with Gasteiger partial charge in [-0.15, -0.1) is 0 Å². The summed E-state index contributed by atoms with van der Waals surface area (Å²) in [6.45, 7) is 6.19. The van der Waals surface area contributed by atoms with Crippen LogP contribution in [0.2, 0.25) is 0 Å². The highest BCUT2D eigenvalue weighted by Gasteiger charge is 2.07. The molecule has 0 amide bonds. The topological polar surface area (TPSA) is 51.8 Å². The molecule has 0 bridgehead atoms. The molecule has 0 aliphatic heterocycles. The quantitative estimate of drug-likeness (QED) is 0.858. The highest BCUT2D eigenvalue weighted by Crippen LogP contribution is 2.22. The minimum atomic E-state index is 0.535. The highest BCUT2D eigenvalue weighted by atomic mass is 14.9. The van der Waals surface area contributed by atoms with Crippen LogP contribution in [0.4, 0.5) is 5.82 Å². The molecular formula is C14H17N3. The van der Waals surface area contributed by atoms with Crippen LogP contribution in [0.5, 0.6) is 0 Å². The Morgan fingerprint density at radius 2 is 1.88 bits per heavy atom. The minimum absolute atomic E-state index is 0.535. The van der Waals surface area contributed by atoms with Gasteiger partial charge < -0.3 is 5.73 Å². The second kappa shape index (κ2) is 4.53. The summed E-state index contributed by atoms with van der Waals surface area (Å²) in [7, 11) is 0. The van der Waals surface area contributed by atoms with E-state index in [-0.39, 0.29) is 0 Å². The molecule has 17 heavy (non-hydrogen) atoms. The third-order valence-corrected chi connectivity index (χ3v) is 2.80. The number of hydrogen-bond acceptors (Lipinski definition) is 3. The first-order valence-electron chi connectivity index (χ1n) is 5.81. The zero-order valence-corrected chi connectivity index (χ0v) is 10.5. The molecule has 3 heteroatoms. The van der Waals surface area contributed by atoms with E-state index in [1.54, 1.807) is 0 Å². The minimum Gasteiger partial charge on any atom is -0.384 e. The van der Waals surface area contributed by atoms with E-state index in [1.165, 1.54) is 11.1 Å². The third-order valence-electron chi connectivity index (χ3n) is 2.80. The van der Waals surface area contributed by atoms with E-state index in [1.807, 2.05) is 6.07 Å². The maximum atomic E-state index is 5.81. The molecular weight excluding hydrogens is 210 g/mol. The molecule has 1 aromatic heterocycles. The first kappa shape index (κ1) is 11.6. The van der Waals surface area contributed by atoms with Gasteiger partial charge in [-0.25, -0.2) is 9.97 Å². The Morgan fingerprint density at radius 1 is 1.12 bits per heavy atom. The normalized spacial score (nSPS) is 10.5. The van der Waals surface area contributed by atoms with Crippen molar-refractivity contribution in [1.29, 1.82) is 0 Å². The third kappa shape index (κ3) is 2.44. The van der Waals surface area contributed by atoms with Crippen molar-refractivity contribution in [2.75, 3.05) is 5.73 Å². The van der Waals surface area contributed by atoms with Gasteiger partial charge in [0.05, 0.1) is 0 Å². The smallest absolute Gasteiger partial charge is 0.162 e. The van der Waals surface area contributed by atoms with Crippen molar-refractivity contribution in [2.24, 2.45) is 0 Å². The number of anilines is 1. The van der Waals surface area contributed by atoms with Gasteiger partial charge in [-0.1, -0.05) is 24.6 Å². The number of nitrogens with zero attached hydrogens (tertiary/aromatic N) is 2. The summed E-state index contributed by atoms with van der Waals surface area (Å²) in [5.41, 5.74) is 10.2. The van der Waals surface area contributed by atoms with Gasteiger partial charge in [-0.05, 0) is 31.9 Å². The average molecular weight is 227 g/mol. The Labute approximate surface area is 102 Å². The van der Waals surface area contributed by atoms with Gasteiger partial charge in [-0.2, -0.15) is 0 Å². The summed E-state index contributed by atoms with van der Waals surface area (Å²) < 4.78 is 0. The van der Waals surface area contributed by atoms with E-state index in [2.05, 4.69) is 48.9 Å². The van der Waals surface area contributed by atoms with E-state index < -0.39 is 0 Å². The van der Waals surface area contributed by atoms with Crippen molar-refractivity contribution < 1.29 is 0 Å². The van der Waals surface area contributed by atoms with Crippen molar-refractivity contribution in [1.82, 2.24) is 9.97 Å². The van der Waals surface area contributed by atoms with Crippen LogP contribution in [0.1, 0.15) is 23.7 Å². The van der Waals surface area contributed by atoms with Gasteiger partial charge in [0.1, 0.15) is 5.82 Å². The summed E-state index contributed by atoms with van der Waals surface area (Å²) in [6.07, 6.45) is 0.866. The Balaban J connectivity index is 2.59. The van der Waals surface area contributed by atoms with Crippen molar-refractivity contribution in [3.63, 3.8) is 0 Å². The molecule has 88 valence electrons. The predicted octanol–water partition coefficient (Wildman–Crippen LogP) is 2.91. The van der Waals surface area contributed by atoms with E-state index >= 15 is 0 Å².